The van der Waals surface area contributed by atoms with Crippen LogP contribution in [0.25, 0.3) is 0 Å². The highest BCUT2D eigenvalue weighted by atomic mass is 16.6. The summed E-state index contributed by atoms with van der Waals surface area (Å²) in [5.74, 6) is -0.259. The molecule has 0 aromatic heterocycles. The lowest BCUT2D eigenvalue weighted by molar-refractivity contribution is -0.142. The van der Waals surface area contributed by atoms with Crippen molar-refractivity contribution in [3.8, 4) is 0 Å². The summed E-state index contributed by atoms with van der Waals surface area (Å²) in [7, 11) is 1.37. The second kappa shape index (κ2) is 6.23. The van der Waals surface area contributed by atoms with Gasteiger partial charge in [0, 0.05) is 18.6 Å². The lowest BCUT2D eigenvalue weighted by atomic mass is 10.2. The van der Waals surface area contributed by atoms with Crippen molar-refractivity contribution in [3.63, 3.8) is 0 Å². The first-order valence-electron chi connectivity index (χ1n) is 6.51. The van der Waals surface area contributed by atoms with E-state index in [4.69, 9.17) is 4.74 Å². The van der Waals surface area contributed by atoms with Gasteiger partial charge in [0.1, 0.15) is 5.60 Å². The molecule has 0 spiro atoms. The molecule has 1 fully saturated rings. The molecule has 1 rings (SSSR count). The van der Waals surface area contributed by atoms with Crippen LogP contribution in [0.2, 0.25) is 0 Å². The van der Waals surface area contributed by atoms with Gasteiger partial charge in [-0.15, -0.1) is 0 Å². The van der Waals surface area contributed by atoms with Crippen LogP contribution in [-0.4, -0.2) is 54.8 Å². The molecule has 6 heteroatoms. The monoisotopic (exact) mass is 272 g/mol. The molecule has 0 radical (unpaired) electrons. The predicted octanol–water partition coefficient (Wildman–Crippen LogP) is 1.15. The van der Waals surface area contributed by atoms with Gasteiger partial charge in [-0.2, -0.15) is 0 Å². The van der Waals surface area contributed by atoms with Gasteiger partial charge in [-0.3, -0.25) is 9.69 Å². The van der Waals surface area contributed by atoms with Crippen molar-refractivity contribution in [1.29, 1.82) is 0 Å². The summed E-state index contributed by atoms with van der Waals surface area (Å²) < 4.78 is 9.86. The fourth-order valence-corrected chi connectivity index (χ4v) is 2.13. The minimum absolute atomic E-state index is 0.00880. The van der Waals surface area contributed by atoms with Crippen LogP contribution in [0.15, 0.2) is 0 Å². The summed E-state index contributed by atoms with van der Waals surface area (Å²) in [5, 5.41) is 2.83. The fourth-order valence-electron chi connectivity index (χ4n) is 2.13. The molecule has 1 heterocycles. The molecule has 1 aliphatic heterocycles. The molecule has 0 aliphatic carbocycles. The summed E-state index contributed by atoms with van der Waals surface area (Å²) in [6.07, 6.45) is 0.389. The Morgan fingerprint density at radius 2 is 2.00 bits per heavy atom. The van der Waals surface area contributed by atoms with Crippen molar-refractivity contribution in [3.05, 3.63) is 0 Å². The molecule has 1 aliphatic rings. The van der Waals surface area contributed by atoms with Crippen LogP contribution < -0.4 is 5.32 Å². The average Bonchev–Trinajstić information content (AvgIpc) is 2.55. The molecule has 0 aromatic carbocycles. The van der Waals surface area contributed by atoms with Gasteiger partial charge in [0.25, 0.3) is 0 Å². The zero-order valence-electron chi connectivity index (χ0n) is 12.4. The van der Waals surface area contributed by atoms with Crippen LogP contribution in [0.4, 0.5) is 4.79 Å². The van der Waals surface area contributed by atoms with Crippen molar-refractivity contribution in [2.24, 2.45) is 0 Å². The van der Waals surface area contributed by atoms with Crippen LogP contribution in [0.5, 0.6) is 0 Å². The van der Waals surface area contributed by atoms with Gasteiger partial charge in [-0.05, 0) is 34.1 Å². The Bertz CT molecular complexity index is 338. The Morgan fingerprint density at radius 3 is 2.53 bits per heavy atom. The lowest BCUT2D eigenvalue weighted by Gasteiger charge is -2.22. The number of rotatable bonds is 3. The zero-order valence-corrected chi connectivity index (χ0v) is 12.4. The van der Waals surface area contributed by atoms with Gasteiger partial charge in [0.05, 0.1) is 13.7 Å². The second-order valence-electron chi connectivity index (χ2n) is 5.93. The van der Waals surface area contributed by atoms with E-state index in [0.717, 1.165) is 6.42 Å². The van der Waals surface area contributed by atoms with Crippen LogP contribution in [0.1, 0.15) is 34.1 Å². The Hall–Kier alpha value is -1.30. The number of alkyl carbamates (subject to hydrolysis) is 1. The number of carbonyl (C=O) groups is 2. The molecule has 0 bridgehead atoms. The van der Waals surface area contributed by atoms with E-state index in [0.29, 0.717) is 6.54 Å². The average molecular weight is 272 g/mol. The summed E-state index contributed by atoms with van der Waals surface area (Å²) >= 11 is 0. The molecule has 6 nitrogen and oxygen atoms in total. The third-order valence-electron chi connectivity index (χ3n) is 2.98. The number of carbonyl (C=O) groups excluding carboxylic acids is 2. The molecule has 19 heavy (non-hydrogen) atoms. The van der Waals surface area contributed by atoms with Gasteiger partial charge in [-0.1, -0.05) is 0 Å². The molecule has 0 aromatic rings. The lowest BCUT2D eigenvalue weighted by Crippen LogP contribution is -2.41. The summed E-state index contributed by atoms with van der Waals surface area (Å²) in [6, 6.07) is 0.244. The molecular formula is C13H24N2O4. The third-order valence-corrected chi connectivity index (χ3v) is 2.98. The number of nitrogens with one attached hydrogen (secondary N) is 1. The van der Waals surface area contributed by atoms with Gasteiger partial charge in [0.15, 0.2) is 0 Å². The second-order valence-corrected chi connectivity index (χ2v) is 5.93. The highest BCUT2D eigenvalue weighted by molar-refractivity contribution is 5.71. The normalized spacial score (nSPS) is 24.1. The fraction of sp³-hybridized carbons (Fsp3) is 0.846. The zero-order chi connectivity index (χ0) is 14.6. The van der Waals surface area contributed by atoms with E-state index < -0.39 is 11.7 Å². The van der Waals surface area contributed by atoms with E-state index in [1.54, 1.807) is 0 Å². The third kappa shape index (κ3) is 5.46. The van der Waals surface area contributed by atoms with Crippen LogP contribution >= 0.6 is 0 Å². The van der Waals surface area contributed by atoms with E-state index in [-0.39, 0.29) is 24.6 Å². The number of hydrogen-bond donors (Lipinski definition) is 1. The minimum Gasteiger partial charge on any atom is -0.468 e. The number of hydrogen-bond acceptors (Lipinski definition) is 5. The number of amides is 1. The van der Waals surface area contributed by atoms with Crippen LogP contribution in [-0.2, 0) is 14.3 Å². The van der Waals surface area contributed by atoms with Crippen LogP contribution in [0.3, 0.4) is 0 Å². The summed E-state index contributed by atoms with van der Waals surface area (Å²) in [4.78, 5) is 24.9. The first-order valence-corrected chi connectivity index (χ1v) is 6.51. The molecular weight excluding hydrogens is 248 g/mol. The van der Waals surface area contributed by atoms with E-state index >= 15 is 0 Å². The Labute approximate surface area is 114 Å². The van der Waals surface area contributed by atoms with Crippen molar-refractivity contribution in [1.82, 2.24) is 10.2 Å². The quantitative estimate of drug-likeness (QED) is 0.781. The van der Waals surface area contributed by atoms with E-state index in [9.17, 15) is 9.59 Å². The number of ether oxygens (including phenoxy) is 2. The number of nitrogens with zero attached hydrogens (tertiary/aromatic N) is 1. The Kier molecular flexibility index (Phi) is 5.17. The maximum atomic E-state index is 11.7. The SMILES string of the molecule is COC(=O)CN1CC(NC(=O)OC(C)(C)C)CC1C. The molecule has 2 atom stereocenters. The van der Waals surface area contributed by atoms with E-state index in [2.05, 4.69) is 10.1 Å². The Balaban J connectivity index is 2.42. The number of methoxy groups -OCH3 is 1. The first kappa shape index (κ1) is 15.8. The van der Waals surface area contributed by atoms with Crippen molar-refractivity contribution in [2.45, 2.75) is 51.8 Å². The first-order chi connectivity index (χ1) is 8.71. The van der Waals surface area contributed by atoms with Gasteiger partial charge in [-0.25, -0.2) is 4.79 Å². The van der Waals surface area contributed by atoms with Crippen molar-refractivity contribution in [2.75, 3.05) is 20.2 Å². The largest absolute Gasteiger partial charge is 0.468 e. The van der Waals surface area contributed by atoms with Crippen LogP contribution in [0, 0.1) is 0 Å². The molecule has 2 unspecified atom stereocenters. The highest BCUT2D eigenvalue weighted by Crippen LogP contribution is 2.17. The van der Waals surface area contributed by atoms with E-state index in [1.807, 2.05) is 32.6 Å². The van der Waals surface area contributed by atoms with Gasteiger partial charge in [0.2, 0.25) is 0 Å². The maximum Gasteiger partial charge on any atom is 0.407 e. The summed E-state index contributed by atoms with van der Waals surface area (Å²) in [6.45, 7) is 8.40. The smallest absolute Gasteiger partial charge is 0.407 e. The molecule has 1 N–H and O–H groups in total. The number of esters is 1. The van der Waals surface area contributed by atoms with Crippen molar-refractivity contribution >= 4 is 12.1 Å². The number of likely N-dealkylation sites (tertiary alicyclic amines) is 1. The van der Waals surface area contributed by atoms with Gasteiger partial charge >= 0.3 is 12.1 Å². The topological polar surface area (TPSA) is 67.9 Å². The molecule has 1 amide bonds. The van der Waals surface area contributed by atoms with Crippen molar-refractivity contribution < 1.29 is 19.1 Å². The standard InChI is InChI=1S/C13H24N2O4/c1-9-6-10(7-15(9)8-11(16)18-5)14-12(17)19-13(2,3)4/h9-10H,6-8H2,1-5H3,(H,14,17). The molecule has 1 saturated heterocycles. The molecule has 0 saturated carbocycles. The Morgan fingerprint density at radius 1 is 1.37 bits per heavy atom. The molecule has 110 valence electrons. The highest BCUT2D eigenvalue weighted by Gasteiger charge is 2.32. The van der Waals surface area contributed by atoms with E-state index in [1.165, 1.54) is 7.11 Å². The minimum atomic E-state index is -0.500. The maximum absolute atomic E-state index is 11.7. The van der Waals surface area contributed by atoms with Gasteiger partial charge < -0.3 is 14.8 Å². The predicted molar refractivity (Wildman–Crippen MR) is 70.8 cm³/mol. The summed E-state index contributed by atoms with van der Waals surface area (Å²) in [5.41, 5.74) is -0.500.